The Bertz CT molecular complexity index is 571. The van der Waals surface area contributed by atoms with Gasteiger partial charge in [-0.1, -0.05) is 11.6 Å². The van der Waals surface area contributed by atoms with Crippen LogP contribution in [0.15, 0.2) is 18.2 Å². The molecule has 90 valence electrons. The van der Waals surface area contributed by atoms with E-state index in [2.05, 4.69) is 11.9 Å². The lowest BCUT2D eigenvalue weighted by molar-refractivity contribution is 0.180. The first-order valence-corrected chi connectivity index (χ1v) is 6.69. The van der Waals surface area contributed by atoms with E-state index in [1.54, 1.807) is 11.3 Å². The summed E-state index contributed by atoms with van der Waals surface area (Å²) in [6, 6.07) is 5.77. The molecule has 1 aromatic carbocycles. The highest BCUT2D eigenvalue weighted by atomic mass is 35.5. The Morgan fingerprint density at radius 3 is 3.12 bits per heavy atom. The van der Waals surface area contributed by atoms with Crippen molar-refractivity contribution < 1.29 is 4.74 Å². The van der Waals surface area contributed by atoms with Crippen LogP contribution >= 0.6 is 22.9 Å². The SMILES string of the molecule is CC1(c2nc3ccc(Cl)cc3s2)COCC1N. The number of fused-ring (bicyclic) bond motifs is 1. The van der Waals surface area contributed by atoms with Crippen LogP contribution in [0.1, 0.15) is 11.9 Å². The van der Waals surface area contributed by atoms with E-state index in [9.17, 15) is 0 Å². The van der Waals surface area contributed by atoms with E-state index in [1.165, 1.54) is 0 Å². The summed E-state index contributed by atoms with van der Waals surface area (Å²) in [5.41, 5.74) is 6.92. The quantitative estimate of drug-likeness (QED) is 0.865. The highest BCUT2D eigenvalue weighted by molar-refractivity contribution is 7.18. The Balaban J connectivity index is 2.12. The summed E-state index contributed by atoms with van der Waals surface area (Å²) in [5, 5.41) is 1.78. The Hall–Kier alpha value is -0.680. The maximum atomic E-state index is 6.11. The van der Waals surface area contributed by atoms with Gasteiger partial charge in [0.2, 0.25) is 0 Å². The summed E-state index contributed by atoms with van der Waals surface area (Å²) in [5.74, 6) is 0. The normalized spacial score (nSPS) is 29.0. The van der Waals surface area contributed by atoms with E-state index in [4.69, 9.17) is 22.1 Å². The molecule has 0 amide bonds. The molecular weight excluding hydrogens is 256 g/mol. The van der Waals surface area contributed by atoms with Gasteiger partial charge in [0.05, 0.1) is 28.8 Å². The fourth-order valence-electron chi connectivity index (χ4n) is 2.05. The van der Waals surface area contributed by atoms with Crippen molar-refractivity contribution in [2.75, 3.05) is 13.2 Å². The zero-order valence-corrected chi connectivity index (χ0v) is 11.0. The number of hydrogen-bond acceptors (Lipinski definition) is 4. The summed E-state index contributed by atoms with van der Waals surface area (Å²) in [7, 11) is 0. The molecule has 1 aliphatic rings. The number of rotatable bonds is 1. The van der Waals surface area contributed by atoms with E-state index >= 15 is 0 Å². The minimum atomic E-state index is -0.170. The molecule has 0 aliphatic carbocycles. The lowest BCUT2D eigenvalue weighted by Crippen LogP contribution is -2.41. The van der Waals surface area contributed by atoms with E-state index < -0.39 is 0 Å². The Kier molecular flexibility index (Phi) is 2.63. The van der Waals surface area contributed by atoms with Gasteiger partial charge in [0, 0.05) is 11.1 Å². The van der Waals surface area contributed by atoms with Crippen LogP contribution in [0.4, 0.5) is 0 Å². The van der Waals surface area contributed by atoms with E-state index in [-0.39, 0.29) is 11.5 Å². The highest BCUT2D eigenvalue weighted by Crippen LogP contribution is 2.37. The zero-order valence-electron chi connectivity index (χ0n) is 9.44. The Labute approximate surface area is 109 Å². The van der Waals surface area contributed by atoms with Gasteiger partial charge in [-0.15, -0.1) is 11.3 Å². The van der Waals surface area contributed by atoms with Crippen molar-refractivity contribution in [3.05, 3.63) is 28.2 Å². The number of ether oxygens (including phenoxy) is 1. The molecule has 1 aliphatic heterocycles. The van der Waals surface area contributed by atoms with Crippen LogP contribution in [-0.4, -0.2) is 24.2 Å². The van der Waals surface area contributed by atoms with Gasteiger partial charge in [-0.3, -0.25) is 0 Å². The predicted molar refractivity (Wildman–Crippen MR) is 70.8 cm³/mol. The van der Waals surface area contributed by atoms with Crippen LogP contribution in [0, 0.1) is 0 Å². The average molecular weight is 269 g/mol. The van der Waals surface area contributed by atoms with Crippen LogP contribution in [0.3, 0.4) is 0 Å². The second kappa shape index (κ2) is 3.92. The molecule has 5 heteroatoms. The van der Waals surface area contributed by atoms with Gasteiger partial charge < -0.3 is 10.5 Å². The fourth-order valence-corrected chi connectivity index (χ4v) is 3.49. The highest BCUT2D eigenvalue weighted by Gasteiger charge is 2.41. The first-order valence-electron chi connectivity index (χ1n) is 5.49. The molecule has 1 aromatic heterocycles. The fraction of sp³-hybridized carbons (Fsp3) is 0.417. The van der Waals surface area contributed by atoms with Gasteiger partial charge in [0.1, 0.15) is 5.01 Å². The molecule has 1 fully saturated rings. The summed E-state index contributed by atoms with van der Waals surface area (Å²) >= 11 is 7.64. The number of thiazole rings is 1. The van der Waals surface area contributed by atoms with Crippen molar-refractivity contribution in [3.8, 4) is 0 Å². The van der Waals surface area contributed by atoms with E-state index in [0.717, 1.165) is 20.2 Å². The summed E-state index contributed by atoms with van der Waals surface area (Å²) < 4.78 is 6.57. The van der Waals surface area contributed by atoms with Gasteiger partial charge in [-0.25, -0.2) is 4.98 Å². The molecule has 3 rings (SSSR count). The monoisotopic (exact) mass is 268 g/mol. The third-order valence-corrected chi connectivity index (χ3v) is 4.89. The maximum Gasteiger partial charge on any atom is 0.104 e. The first kappa shape index (κ1) is 11.4. The molecule has 2 unspecified atom stereocenters. The number of nitrogens with two attached hydrogens (primary N) is 1. The number of benzene rings is 1. The van der Waals surface area contributed by atoms with Crippen molar-refractivity contribution in [2.45, 2.75) is 18.4 Å². The second-order valence-electron chi connectivity index (χ2n) is 4.67. The van der Waals surface area contributed by atoms with Crippen molar-refractivity contribution in [3.63, 3.8) is 0 Å². The standard InChI is InChI=1S/C12H13ClN2OS/c1-12(6-16-5-10(12)14)11-15-8-3-2-7(13)4-9(8)17-11/h2-4,10H,5-6,14H2,1H3. The number of halogens is 1. The molecule has 3 nitrogen and oxygen atoms in total. The molecule has 2 aromatic rings. The van der Waals surface area contributed by atoms with Gasteiger partial charge in [0.15, 0.2) is 0 Å². The molecule has 0 bridgehead atoms. The largest absolute Gasteiger partial charge is 0.379 e. The molecule has 0 saturated carbocycles. The van der Waals surface area contributed by atoms with Crippen molar-refractivity contribution >= 4 is 33.2 Å². The minimum Gasteiger partial charge on any atom is -0.379 e. The third kappa shape index (κ3) is 1.76. The number of aromatic nitrogens is 1. The Morgan fingerprint density at radius 2 is 2.41 bits per heavy atom. The zero-order chi connectivity index (χ0) is 12.0. The van der Waals surface area contributed by atoms with Gasteiger partial charge in [-0.05, 0) is 25.1 Å². The van der Waals surface area contributed by atoms with Crippen LogP contribution in [0.5, 0.6) is 0 Å². The summed E-state index contributed by atoms with van der Waals surface area (Å²) in [6.07, 6.45) is 0. The third-order valence-electron chi connectivity index (χ3n) is 3.36. The smallest absolute Gasteiger partial charge is 0.104 e. The summed E-state index contributed by atoms with van der Waals surface area (Å²) in [6.45, 7) is 3.36. The second-order valence-corrected chi connectivity index (χ2v) is 6.14. The van der Waals surface area contributed by atoms with E-state index in [0.29, 0.717) is 13.2 Å². The van der Waals surface area contributed by atoms with Crippen LogP contribution in [-0.2, 0) is 10.2 Å². The van der Waals surface area contributed by atoms with Gasteiger partial charge in [-0.2, -0.15) is 0 Å². The van der Waals surface area contributed by atoms with Crippen molar-refractivity contribution in [2.24, 2.45) is 5.73 Å². The molecule has 1 saturated heterocycles. The molecule has 0 spiro atoms. The predicted octanol–water partition coefficient (Wildman–Crippen LogP) is 2.56. The summed E-state index contributed by atoms with van der Waals surface area (Å²) in [4.78, 5) is 4.66. The maximum absolute atomic E-state index is 6.11. The minimum absolute atomic E-state index is 0.0125. The molecule has 2 heterocycles. The topological polar surface area (TPSA) is 48.1 Å². The molecule has 2 atom stereocenters. The van der Waals surface area contributed by atoms with Gasteiger partial charge in [0.25, 0.3) is 0 Å². The number of nitrogens with zero attached hydrogens (tertiary/aromatic N) is 1. The molecule has 2 N–H and O–H groups in total. The van der Waals surface area contributed by atoms with Gasteiger partial charge >= 0.3 is 0 Å². The van der Waals surface area contributed by atoms with Crippen molar-refractivity contribution in [1.29, 1.82) is 0 Å². The molecular formula is C12H13ClN2OS. The van der Waals surface area contributed by atoms with Crippen LogP contribution < -0.4 is 5.73 Å². The lowest BCUT2D eigenvalue weighted by Gasteiger charge is -2.23. The van der Waals surface area contributed by atoms with Crippen molar-refractivity contribution in [1.82, 2.24) is 4.98 Å². The number of hydrogen-bond donors (Lipinski definition) is 1. The molecule has 17 heavy (non-hydrogen) atoms. The lowest BCUT2D eigenvalue weighted by atomic mass is 9.87. The van der Waals surface area contributed by atoms with Crippen LogP contribution in [0.2, 0.25) is 5.02 Å². The Morgan fingerprint density at radius 1 is 1.59 bits per heavy atom. The van der Waals surface area contributed by atoms with E-state index in [1.807, 2.05) is 18.2 Å². The average Bonchev–Trinajstić information content (AvgIpc) is 2.84. The first-order chi connectivity index (χ1) is 8.09. The molecule has 0 radical (unpaired) electrons. The van der Waals surface area contributed by atoms with Crippen LogP contribution in [0.25, 0.3) is 10.2 Å².